The van der Waals surface area contributed by atoms with Crippen molar-refractivity contribution in [1.82, 2.24) is 0 Å². The van der Waals surface area contributed by atoms with Crippen LogP contribution < -0.4 is 5.32 Å². The van der Waals surface area contributed by atoms with Gasteiger partial charge in [-0.2, -0.15) is 0 Å². The van der Waals surface area contributed by atoms with Gasteiger partial charge in [0.25, 0.3) is 0 Å². The lowest BCUT2D eigenvalue weighted by Crippen LogP contribution is -2.02. The van der Waals surface area contributed by atoms with Gasteiger partial charge in [0, 0.05) is 17.1 Å². The molecule has 1 aromatic carbocycles. The highest BCUT2D eigenvalue weighted by atomic mass is 32.2. The minimum Gasteiger partial charge on any atom is -0.384 e. The quantitative estimate of drug-likeness (QED) is 0.543. The first kappa shape index (κ1) is 12.4. The molecule has 0 aromatic heterocycles. The van der Waals surface area contributed by atoms with E-state index < -0.39 is 0 Å². The molecule has 0 heterocycles. The second kappa shape index (κ2) is 7.63. The summed E-state index contributed by atoms with van der Waals surface area (Å²) >= 11 is 1.80. The van der Waals surface area contributed by atoms with E-state index in [0.717, 1.165) is 6.54 Å². The maximum Gasteiger partial charge on any atom is 0.0478 e. The summed E-state index contributed by atoms with van der Waals surface area (Å²) in [5, 5.41) is 3.50. The lowest BCUT2D eigenvalue weighted by molar-refractivity contribution is 0.684. The van der Waals surface area contributed by atoms with Crippen LogP contribution in [0.2, 0.25) is 0 Å². The van der Waals surface area contributed by atoms with Crippen LogP contribution in [0.4, 0.5) is 5.69 Å². The second-order valence-electron chi connectivity index (χ2n) is 3.69. The Morgan fingerprint density at radius 3 is 2.67 bits per heavy atom. The van der Waals surface area contributed by atoms with Gasteiger partial charge in [0.15, 0.2) is 0 Å². The van der Waals surface area contributed by atoms with Crippen molar-refractivity contribution in [3.63, 3.8) is 0 Å². The summed E-state index contributed by atoms with van der Waals surface area (Å²) in [5.41, 5.74) is 1.28. The summed E-state index contributed by atoms with van der Waals surface area (Å²) in [6.45, 7) is 3.34. The summed E-state index contributed by atoms with van der Waals surface area (Å²) in [6.07, 6.45) is 7.40. The average molecular weight is 223 g/mol. The first-order valence-corrected chi connectivity index (χ1v) is 6.98. The summed E-state index contributed by atoms with van der Waals surface area (Å²) in [6, 6.07) is 8.51. The second-order valence-corrected chi connectivity index (χ2v) is 4.54. The van der Waals surface area contributed by atoms with Gasteiger partial charge in [-0.3, -0.25) is 0 Å². The SMILES string of the molecule is CCCCCCNc1ccccc1SC. The van der Waals surface area contributed by atoms with Crippen molar-refractivity contribution >= 4 is 17.4 Å². The molecule has 15 heavy (non-hydrogen) atoms. The minimum atomic E-state index is 1.09. The topological polar surface area (TPSA) is 12.0 Å². The lowest BCUT2D eigenvalue weighted by atomic mass is 10.2. The summed E-state index contributed by atoms with van der Waals surface area (Å²) in [5.74, 6) is 0. The van der Waals surface area contributed by atoms with Crippen LogP contribution in [0, 0.1) is 0 Å². The van der Waals surface area contributed by atoms with E-state index in [1.54, 1.807) is 11.8 Å². The lowest BCUT2D eigenvalue weighted by Gasteiger charge is -2.09. The van der Waals surface area contributed by atoms with Gasteiger partial charge in [-0.1, -0.05) is 38.3 Å². The monoisotopic (exact) mass is 223 g/mol. The third-order valence-electron chi connectivity index (χ3n) is 2.45. The number of thioether (sulfide) groups is 1. The van der Waals surface area contributed by atoms with Crippen LogP contribution in [0.1, 0.15) is 32.6 Å². The Morgan fingerprint density at radius 2 is 1.93 bits per heavy atom. The van der Waals surface area contributed by atoms with Crippen molar-refractivity contribution in [2.24, 2.45) is 0 Å². The molecule has 0 spiro atoms. The van der Waals surface area contributed by atoms with Crippen molar-refractivity contribution in [1.29, 1.82) is 0 Å². The molecule has 0 unspecified atom stereocenters. The van der Waals surface area contributed by atoms with E-state index >= 15 is 0 Å². The molecular formula is C13H21NS. The molecule has 0 radical (unpaired) electrons. The van der Waals surface area contributed by atoms with Crippen LogP contribution in [-0.4, -0.2) is 12.8 Å². The number of benzene rings is 1. The van der Waals surface area contributed by atoms with Crippen LogP contribution in [0.25, 0.3) is 0 Å². The average Bonchev–Trinajstić information content (AvgIpc) is 2.29. The van der Waals surface area contributed by atoms with E-state index in [1.165, 1.54) is 36.3 Å². The summed E-state index contributed by atoms with van der Waals surface area (Å²) in [4.78, 5) is 1.34. The van der Waals surface area contributed by atoms with Gasteiger partial charge in [-0.05, 0) is 24.8 Å². The van der Waals surface area contributed by atoms with Crippen LogP contribution in [-0.2, 0) is 0 Å². The first-order valence-electron chi connectivity index (χ1n) is 5.75. The molecule has 0 atom stereocenters. The Bertz CT molecular complexity index is 273. The fraction of sp³-hybridized carbons (Fsp3) is 0.538. The third-order valence-corrected chi connectivity index (χ3v) is 3.25. The van der Waals surface area contributed by atoms with Crippen LogP contribution >= 0.6 is 11.8 Å². The number of unbranched alkanes of at least 4 members (excludes halogenated alkanes) is 3. The van der Waals surface area contributed by atoms with Crippen molar-refractivity contribution in [3.05, 3.63) is 24.3 Å². The van der Waals surface area contributed by atoms with E-state index in [2.05, 4.69) is 42.8 Å². The highest BCUT2D eigenvalue weighted by molar-refractivity contribution is 7.98. The third kappa shape index (κ3) is 4.61. The molecule has 0 saturated carbocycles. The van der Waals surface area contributed by atoms with Gasteiger partial charge in [0.05, 0.1) is 0 Å². The predicted octanol–water partition coefficient (Wildman–Crippen LogP) is 4.40. The van der Waals surface area contributed by atoms with E-state index in [4.69, 9.17) is 0 Å². The van der Waals surface area contributed by atoms with Crippen molar-refractivity contribution in [3.8, 4) is 0 Å². The molecule has 1 aromatic rings. The van der Waals surface area contributed by atoms with Crippen molar-refractivity contribution in [2.75, 3.05) is 18.1 Å². The standard InChI is InChI=1S/C13H21NS/c1-3-4-5-8-11-14-12-9-6-7-10-13(12)15-2/h6-7,9-10,14H,3-5,8,11H2,1-2H3. The fourth-order valence-electron chi connectivity index (χ4n) is 1.57. The van der Waals surface area contributed by atoms with Gasteiger partial charge < -0.3 is 5.32 Å². The normalized spacial score (nSPS) is 10.3. The molecule has 0 fully saturated rings. The van der Waals surface area contributed by atoms with Gasteiger partial charge >= 0.3 is 0 Å². The van der Waals surface area contributed by atoms with Gasteiger partial charge in [0.1, 0.15) is 0 Å². The molecule has 1 N–H and O–H groups in total. The molecule has 2 heteroatoms. The maximum atomic E-state index is 3.50. The number of nitrogens with one attached hydrogen (secondary N) is 1. The molecule has 0 amide bonds. The molecule has 0 aliphatic heterocycles. The predicted molar refractivity (Wildman–Crippen MR) is 70.9 cm³/mol. The zero-order chi connectivity index (χ0) is 10.9. The highest BCUT2D eigenvalue weighted by Crippen LogP contribution is 2.24. The molecular weight excluding hydrogens is 202 g/mol. The Labute approximate surface area is 97.7 Å². The Balaban J connectivity index is 2.30. The molecule has 84 valence electrons. The summed E-state index contributed by atoms with van der Waals surface area (Å²) in [7, 11) is 0. The smallest absolute Gasteiger partial charge is 0.0478 e. The zero-order valence-electron chi connectivity index (χ0n) is 9.75. The molecule has 1 rings (SSSR count). The number of hydrogen-bond acceptors (Lipinski definition) is 2. The Kier molecular flexibility index (Phi) is 6.33. The number of rotatable bonds is 7. The number of hydrogen-bond donors (Lipinski definition) is 1. The van der Waals surface area contributed by atoms with Gasteiger partial charge in [-0.25, -0.2) is 0 Å². The molecule has 0 saturated heterocycles. The Morgan fingerprint density at radius 1 is 1.13 bits per heavy atom. The van der Waals surface area contributed by atoms with Gasteiger partial charge in [0.2, 0.25) is 0 Å². The zero-order valence-corrected chi connectivity index (χ0v) is 10.6. The molecule has 0 bridgehead atoms. The van der Waals surface area contributed by atoms with E-state index in [0.29, 0.717) is 0 Å². The largest absolute Gasteiger partial charge is 0.384 e. The molecule has 0 aliphatic carbocycles. The van der Waals surface area contributed by atoms with E-state index in [-0.39, 0.29) is 0 Å². The van der Waals surface area contributed by atoms with Gasteiger partial charge in [-0.15, -0.1) is 11.8 Å². The molecule has 1 nitrogen and oxygen atoms in total. The molecule has 0 aliphatic rings. The van der Waals surface area contributed by atoms with Crippen LogP contribution in [0.5, 0.6) is 0 Å². The van der Waals surface area contributed by atoms with Crippen LogP contribution in [0.15, 0.2) is 29.2 Å². The fourth-order valence-corrected chi connectivity index (χ4v) is 2.14. The van der Waals surface area contributed by atoms with Crippen molar-refractivity contribution < 1.29 is 0 Å². The van der Waals surface area contributed by atoms with E-state index in [9.17, 15) is 0 Å². The Hall–Kier alpha value is -0.630. The van der Waals surface area contributed by atoms with Crippen molar-refractivity contribution in [2.45, 2.75) is 37.5 Å². The van der Waals surface area contributed by atoms with E-state index in [1.807, 2.05) is 0 Å². The maximum absolute atomic E-state index is 3.50. The number of anilines is 1. The first-order chi connectivity index (χ1) is 7.38. The van der Waals surface area contributed by atoms with Crippen LogP contribution in [0.3, 0.4) is 0 Å². The number of para-hydroxylation sites is 1. The summed E-state index contributed by atoms with van der Waals surface area (Å²) < 4.78 is 0. The highest BCUT2D eigenvalue weighted by Gasteiger charge is 1.98. The minimum absolute atomic E-state index is 1.09.